The zero-order chi connectivity index (χ0) is 14.8. The molecule has 0 heterocycles. The lowest BCUT2D eigenvalue weighted by Crippen LogP contribution is -2.22. The Balaban J connectivity index is 1.84. The number of hydrogen-bond donors (Lipinski definition) is 1. The summed E-state index contributed by atoms with van der Waals surface area (Å²) in [7, 11) is 0. The second-order valence-electron chi connectivity index (χ2n) is 5.73. The van der Waals surface area contributed by atoms with E-state index in [0.29, 0.717) is 0 Å². The van der Waals surface area contributed by atoms with E-state index in [4.69, 9.17) is 17.3 Å². The van der Waals surface area contributed by atoms with Crippen molar-refractivity contribution in [3.05, 3.63) is 64.2 Å². The number of rotatable bonds is 4. The van der Waals surface area contributed by atoms with Crippen molar-refractivity contribution in [2.75, 3.05) is 0 Å². The van der Waals surface area contributed by atoms with Crippen LogP contribution >= 0.6 is 23.4 Å². The first-order valence-electron chi connectivity index (χ1n) is 7.43. The molecule has 0 aromatic heterocycles. The topological polar surface area (TPSA) is 26.0 Å². The highest BCUT2D eigenvalue weighted by Crippen LogP contribution is 2.39. The van der Waals surface area contributed by atoms with Gasteiger partial charge in [-0.25, -0.2) is 0 Å². The van der Waals surface area contributed by atoms with Gasteiger partial charge in [-0.1, -0.05) is 29.8 Å². The second-order valence-corrected chi connectivity index (χ2v) is 7.38. The van der Waals surface area contributed by atoms with Gasteiger partial charge in [-0.05, 0) is 67.1 Å². The molecule has 0 saturated carbocycles. The number of nitrogens with two attached hydrogens (primary N) is 1. The van der Waals surface area contributed by atoms with Crippen LogP contribution in [0.25, 0.3) is 0 Å². The molecule has 3 heteroatoms. The molecule has 3 rings (SSSR count). The summed E-state index contributed by atoms with van der Waals surface area (Å²) in [5.41, 5.74) is 10.5. The lowest BCUT2D eigenvalue weighted by atomic mass is 10.1. The van der Waals surface area contributed by atoms with Crippen molar-refractivity contribution in [3.63, 3.8) is 0 Å². The van der Waals surface area contributed by atoms with Crippen molar-refractivity contribution < 1.29 is 0 Å². The van der Waals surface area contributed by atoms with Crippen LogP contribution in [0.2, 0.25) is 5.02 Å². The summed E-state index contributed by atoms with van der Waals surface area (Å²) >= 11 is 7.84. The van der Waals surface area contributed by atoms with Crippen LogP contribution in [0.1, 0.15) is 35.3 Å². The van der Waals surface area contributed by atoms with Gasteiger partial charge in [0.15, 0.2) is 0 Å². The molecule has 1 aliphatic rings. The van der Waals surface area contributed by atoms with Crippen molar-refractivity contribution >= 4 is 23.4 Å². The Bertz CT molecular complexity index is 622. The van der Waals surface area contributed by atoms with Crippen LogP contribution < -0.4 is 5.73 Å². The Hall–Kier alpha value is -0.960. The quantitative estimate of drug-likeness (QED) is 0.802. The van der Waals surface area contributed by atoms with E-state index >= 15 is 0 Å². The predicted molar refractivity (Wildman–Crippen MR) is 92.2 cm³/mol. The summed E-state index contributed by atoms with van der Waals surface area (Å²) in [4.78, 5) is 1.31. The third-order valence-corrected chi connectivity index (χ3v) is 5.74. The minimum atomic E-state index is 0.0874. The Morgan fingerprint density at radius 1 is 1.05 bits per heavy atom. The molecule has 21 heavy (non-hydrogen) atoms. The van der Waals surface area contributed by atoms with Crippen LogP contribution in [0.5, 0.6) is 0 Å². The van der Waals surface area contributed by atoms with Crippen LogP contribution in [0.4, 0.5) is 0 Å². The van der Waals surface area contributed by atoms with E-state index < -0.39 is 0 Å². The van der Waals surface area contributed by atoms with Gasteiger partial charge >= 0.3 is 0 Å². The van der Waals surface area contributed by atoms with Gasteiger partial charge in [-0.2, -0.15) is 0 Å². The minimum Gasteiger partial charge on any atom is -0.327 e. The lowest BCUT2D eigenvalue weighted by molar-refractivity contribution is 0.721. The number of benzene rings is 2. The van der Waals surface area contributed by atoms with Crippen LogP contribution in [0.3, 0.4) is 0 Å². The first-order valence-corrected chi connectivity index (χ1v) is 8.69. The second kappa shape index (κ2) is 6.43. The molecule has 0 bridgehead atoms. The van der Waals surface area contributed by atoms with Gasteiger partial charge in [-0.15, -0.1) is 11.8 Å². The van der Waals surface area contributed by atoms with Crippen molar-refractivity contribution in [3.8, 4) is 0 Å². The normalized spacial score (nSPS) is 16.5. The summed E-state index contributed by atoms with van der Waals surface area (Å²) < 4.78 is 0. The van der Waals surface area contributed by atoms with Crippen LogP contribution in [-0.4, -0.2) is 6.04 Å². The Morgan fingerprint density at radius 2 is 1.76 bits per heavy atom. The van der Waals surface area contributed by atoms with E-state index in [1.807, 2.05) is 23.9 Å². The summed E-state index contributed by atoms with van der Waals surface area (Å²) in [5, 5.41) is 1.02. The van der Waals surface area contributed by atoms with Gasteiger partial charge < -0.3 is 5.73 Å². The van der Waals surface area contributed by atoms with Gasteiger partial charge in [0.2, 0.25) is 0 Å². The first kappa shape index (κ1) is 15.0. The molecule has 0 amide bonds. The van der Waals surface area contributed by atoms with E-state index in [9.17, 15) is 0 Å². The van der Waals surface area contributed by atoms with Crippen LogP contribution in [0, 0.1) is 0 Å². The summed E-state index contributed by atoms with van der Waals surface area (Å²) in [6, 6.07) is 15.0. The minimum absolute atomic E-state index is 0.0874. The molecule has 0 radical (unpaired) electrons. The van der Waals surface area contributed by atoms with Gasteiger partial charge in [-0.3, -0.25) is 0 Å². The highest BCUT2D eigenvalue weighted by Gasteiger charge is 2.19. The van der Waals surface area contributed by atoms with Crippen molar-refractivity contribution in [1.82, 2.24) is 0 Å². The molecular weight excluding hydrogens is 298 g/mol. The monoisotopic (exact) mass is 317 g/mol. The third-order valence-electron chi connectivity index (χ3n) is 4.01. The molecule has 2 unspecified atom stereocenters. The van der Waals surface area contributed by atoms with E-state index in [1.165, 1.54) is 40.8 Å². The molecule has 2 N–H and O–H groups in total. The van der Waals surface area contributed by atoms with Gasteiger partial charge in [0.1, 0.15) is 0 Å². The standard InChI is InChI=1S/C18H20ClNS/c1-12(20)18(14-5-8-16(19)9-6-14)21-17-10-7-13-3-2-4-15(13)11-17/h5-12,18H,2-4,20H2,1H3. The Kier molecular flexibility index (Phi) is 4.58. The fourth-order valence-corrected chi connectivity index (χ4v) is 4.18. The highest BCUT2D eigenvalue weighted by molar-refractivity contribution is 7.99. The average Bonchev–Trinajstić information content (AvgIpc) is 2.93. The molecule has 0 aliphatic heterocycles. The van der Waals surface area contributed by atoms with E-state index in [0.717, 1.165) is 5.02 Å². The summed E-state index contributed by atoms with van der Waals surface area (Å²) in [6.45, 7) is 2.07. The molecule has 2 aromatic carbocycles. The summed E-state index contributed by atoms with van der Waals surface area (Å²) in [5.74, 6) is 0. The Morgan fingerprint density at radius 3 is 2.48 bits per heavy atom. The van der Waals surface area contributed by atoms with E-state index in [-0.39, 0.29) is 11.3 Å². The molecule has 0 spiro atoms. The number of hydrogen-bond acceptors (Lipinski definition) is 2. The van der Waals surface area contributed by atoms with E-state index in [1.54, 1.807) is 0 Å². The Labute approximate surface area is 135 Å². The fourth-order valence-electron chi connectivity index (χ4n) is 2.90. The van der Waals surface area contributed by atoms with Crippen LogP contribution in [-0.2, 0) is 12.8 Å². The molecule has 2 aromatic rings. The maximum atomic E-state index is 6.21. The first-order chi connectivity index (χ1) is 10.1. The number of aryl methyl sites for hydroxylation is 2. The number of thioether (sulfide) groups is 1. The molecule has 110 valence electrons. The number of fused-ring (bicyclic) bond motifs is 1. The van der Waals surface area contributed by atoms with Gasteiger partial charge in [0, 0.05) is 21.2 Å². The largest absolute Gasteiger partial charge is 0.327 e. The summed E-state index contributed by atoms with van der Waals surface area (Å²) in [6.07, 6.45) is 3.74. The zero-order valence-electron chi connectivity index (χ0n) is 12.2. The molecule has 1 aliphatic carbocycles. The molecule has 0 fully saturated rings. The van der Waals surface area contributed by atoms with Crippen LogP contribution in [0.15, 0.2) is 47.4 Å². The smallest absolute Gasteiger partial charge is 0.0492 e. The SMILES string of the molecule is CC(N)C(Sc1ccc2c(c1)CCC2)c1ccc(Cl)cc1. The molecular formula is C18H20ClNS. The fraction of sp³-hybridized carbons (Fsp3) is 0.333. The van der Waals surface area contributed by atoms with Gasteiger partial charge in [0.05, 0.1) is 0 Å². The maximum absolute atomic E-state index is 6.21. The van der Waals surface area contributed by atoms with Crippen molar-refractivity contribution in [2.24, 2.45) is 5.73 Å². The van der Waals surface area contributed by atoms with Gasteiger partial charge in [0.25, 0.3) is 0 Å². The zero-order valence-corrected chi connectivity index (χ0v) is 13.8. The highest BCUT2D eigenvalue weighted by atomic mass is 35.5. The molecule has 0 saturated heterocycles. The van der Waals surface area contributed by atoms with E-state index in [2.05, 4.69) is 37.3 Å². The third kappa shape index (κ3) is 3.45. The average molecular weight is 318 g/mol. The van der Waals surface area contributed by atoms with Crippen molar-refractivity contribution in [1.29, 1.82) is 0 Å². The number of halogens is 1. The molecule has 2 atom stereocenters. The van der Waals surface area contributed by atoms with Crippen molar-refractivity contribution in [2.45, 2.75) is 42.4 Å². The predicted octanol–water partition coefficient (Wildman–Crippen LogP) is 5.01. The maximum Gasteiger partial charge on any atom is 0.0492 e. The lowest BCUT2D eigenvalue weighted by Gasteiger charge is -2.21. The molecule has 1 nitrogen and oxygen atoms in total.